The summed E-state index contributed by atoms with van der Waals surface area (Å²) in [6.07, 6.45) is -1.56. The molecule has 1 heterocycles. The van der Waals surface area contributed by atoms with Crippen molar-refractivity contribution in [2.45, 2.75) is 19.6 Å². The van der Waals surface area contributed by atoms with Crippen molar-refractivity contribution >= 4 is 38.9 Å². The van der Waals surface area contributed by atoms with Crippen LogP contribution >= 0.6 is 15.9 Å². The van der Waals surface area contributed by atoms with Crippen LogP contribution in [0.1, 0.15) is 22.3 Å². The van der Waals surface area contributed by atoms with Crippen LogP contribution in [0.25, 0.3) is 17.0 Å². The third-order valence-electron chi connectivity index (χ3n) is 4.34. The van der Waals surface area contributed by atoms with E-state index in [9.17, 15) is 18.0 Å². The molecule has 1 aromatic heterocycles. The first-order chi connectivity index (χ1) is 13.6. The number of rotatable bonds is 4. The van der Waals surface area contributed by atoms with E-state index in [1.54, 1.807) is 48.0 Å². The van der Waals surface area contributed by atoms with Crippen LogP contribution in [-0.4, -0.2) is 15.6 Å². The standard InChI is InChI=1S/C21H14BrF3N2O2/c1-12-4-13(6-16(5-12)21(23,24)25)10-27-11-15(7-14(9-26)20(28)29)18-8-17(22)2-3-19(18)27/h2-8,11H,10H2,1H3,(H,28,29)/b14-7+. The fourth-order valence-corrected chi connectivity index (χ4v) is 3.52. The molecule has 0 unspecified atom stereocenters. The van der Waals surface area contributed by atoms with Crippen molar-refractivity contribution in [1.29, 1.82) is 5.26 Å². The van der Waals surface area contributed by atoms with Crippen molar-refractivity contribution in [1.82, 2.24) is 4.57 Å². The van der Waals surface area contributed by atoms with Gasteiger partial charge in [-0.2, -0.15) is 18.4 Å². The highest BCUT2D eigenvalue weighted by molar-refractivity contribution is 9.10. The van der Waals surface area contributed by atoms with Crippen molar-refractivity contribution in [3.8, 4) is 6.07 Å². The van der Waals surface area contributed by atoms with Gasteiger partial charge in [0.25, 0.3) is 0 Å². The second-order valence-electron chi connectivity index (χ2n) is 6.55. The molecule has 29 heavy (non-hydrogen) atoms. The van der Waals surface area contributed by atoms with Crippen LogP contribution in [0.15, 0.2) is 52.6 Å². The van der Waals surface area contributed by atoms with Gasteiger partial charge in [-0.15, -0.1) is 0 Å². The zero-order chi connectivity index (χ0) is 21.3. The number of benzene rings is 2. The number of halogens is 4. The van der Waals surface area contributed by atoms with Crippen LogP contribution in [0.5, 0.6) is 0 Å². The van der Waals surface area contributed by atoms with Crippen molar-refractivity contribution in [2.75, 3.05) is 0 Å². The summed E-state index contributed by atoms with van der Waals surface area (Å²) in [4.78, 5) is 11.2. The fourth-order valence-electron chi connectivity index (χ4n) is 3.15. The van der Waals surface area contributed by atoms with Crippen LogP contribution in [0.2, 0.25) is 0 Å². The van der Waals surface area contributed by atoms with Crippen molar-refractivity contribution in [3.63, 3.8) is 0 Å². The Morgan fingerprint density at radius 3 is 2.62 bits per heavy atom. The maximum Gasteiger partial charge on any atom is 0.416 e. The molecular weight excluding hydrogens is 449 g/mol. The summed E-state index contributed by atoms with van der Waals surface area (Å²) >= 11 is 3.36. The number of aryl methyl sites for hydroxylation is 1. The Bertz CT molecular complexity index is 1190. The van der Waals surface area contributed by atoms with Gasteiger partial charge in [-0.05, 0) is 48.9 Å². The van der Waals surface area contributed by atoms with Gasteiger partial charge in [-0.25, -0.2) is 4.79 Å². The van der Waals surface area contributed by atoms with Gasteiger partial charge in [-0.1, -0.05) is 27.6 Å². The summed E-state index contributed by atoms with van der Waals surface area (Å²) in [7, 11) is 0. The first kappa shape index (κ1) is 20.7. The molecule has 0 atom stereocenters. The summed E-state index contributed by atoms with van der Waals surface area (Å²) < 4.78 is 41.9. The van der Waals surface area contributed by atoms with E-state index in [0.29, 0.717) is 27.6 Å². The largest absolute Gasteiger partial charge is 0.477 e. The smallest absolute Gasteiger partial charge is 0.416 e. The maximum atomic E-state index is 13.1. The highest BCUT2D eigenvalue weighted by Gasteiger charge is 2.30. The molecule has 0 aliphatic heterocycles. The van der Waals surface area contributed by atoms with Gasteiger partial charge < -0.3 is 9.67 Å². The molecule has 0 fully saturated rings. The van der Waals surface area contributed by atoms with Gasteiger partial charge >= 0.3 is 12.1 Å². The zero-order valence-electron chi connectivity index (χ0n) is 15.1. The minimum Gasteiger partial charge on any atom is -0.477 e. The summed E-state index contributed by atoms with van der Waals surface area (Å²) in [5.41, 5.74) is 1.00. The molecule has 0 spiro atoms. The normalized spacial score (nSPS) is 12.2. The molecule has 1 N–H and O–H groups in total. The van der Waals surface area contributed by atoms with Gasteiger partial charge in [0, 0.05) is 33.7 Å². The SMILES string of the molecule is Cc1cc(Cn2cc(/C=C(\C#N)C(=O)O)c3cc(Br)ccc32)cc(C(F)(F)F)c1. The lowest BCUT2D eigenvalue weighted by atomic mass is 10.1. The molecular formula is C21H14BrF3N2O2. The van der Waals surface area contributed by atoms with E-state index in [1.165, 1.54) is 6.08 Å². The highest BCUT2D eigenvalue weighted by atomic mass is 79.9. The van der Waals surface area contributed by atoms with E-state index < -0.39 is 23.3 Å². The van der Waals surface area contributed by atoms with Gasteiger partial charge in [0.05, 0.1) is 5.56 Å². The third-order valence-corrected chi connectivity index (χ3v) is 4.84. The van der Waals surface area contributed by atoms with E-state index in [0.717, 1.165) is 16.6 Å². The molecule has 0 bridgehead atoms. The van der Waals surface area contributed by atoms with Crippen molar-refractivity contribution < 1.29 is 23.1 Å². The summed E-state index contributed by atoms with van der Waals surface area (Å²) in [6, 6.07) is 10.8. The predicted octanol–water partition coefficient (Wildman–Crippen LogP) is 5.77. The number of fused-ring (bicyclic) bond motifs is 1. The number of alkyl halides is 3. The summed E-state index contributed by atoms with van der Waals surface area (Å²) in [5, 5.41) is 18.8. The molecule has 3 rings (SSSR count). The molecule has 3 aromatic rings. The Morgan fingerprint density at radius 2 is 2.00 bits per heavy atom. The molecule has 0 saturated heterocycles. The molecule has 4 nitrogen and oxygen atoms in total. The lowest BCUT2D eigenvalue weighted by Crippen LogP contribution is -2.07. The van der Waals surface area contributed by atoms with Gasteiger partial charge in [0.2, 0.25) is 0 Å². The Labute approximate surface area is 172 Å². The number of nitrogens with zero attached hydrogens (tertiary/aromatic N) is 2. The Kier molecular flexibility index (Phi) is 5.53. The Morgan fingerprint density at radius 1 is 1.28 bits per heavy atom. The number of nitriles is 1. The van der Waals surface area contributed by atoms with E-state index in [1.807, 2.05) is 0 Å². The lowest BCUT2D eigenvalue weighted by Gasteiger charge is -2.12. The molecule has 0 amide bonds. The second kappa shape index (κ2) is 7.76. The number of carboxylic acid groups (broad SMARTS) is 1. The average Bonchev–Trinajstić information content (AvgIpc) is 2.94. The van der Waals surface area contributed by atoms with Gasteiger partial charge in [0.15, 0.2) is 0 Å². The van der Waals surface area contributed by atoms with E-state index >= 15 is 0 Å². The quantitative estimate of drug-likeness (QED) is 0.395. The lowest BCUT2D eigenvalue weighted by molar-refractivity contribution is -0.137. The van der Waals surface area contributed by atoms with E-state index in [4.69, 9.17) is 10.4 Å². The molecule has 0 radical (unpaired) electrons. The topological polar surface area (TPSA) is 66.0 Å². The monoisotopic (exact) mass is 462 g/mol. The Balaban J connectivity index is 2.14. The number of carboxylic acids is 1. The van der Waals surface area contributed by atoms with Crippen LogP contribution in [0.3, 0.4) is 0 Å². The molecule has 0 saturated carbocycles. The van der Waals surface area contributed by atoms with E-state index in [-0.39, 0.29) is 6.54 Å². The number of hydrogen-bond donors (Lipinski definition) is 1. The highest BCUT2D eigenvalue weighted by Crippen LogP contribution is 2.32. The van der Waals surface area contributed by atoms with Crippen LogP contribution in [-0.2, 0) is 17.5 Å². The van der Waals surface area contributed by atoms with Gasteiger partial charge in [0.1, 0.15) is 11.6 Å². The summed E-state index contributed by atoms with van der Waals surface area (Å²) in [6.45, 7) is 1.76. The second-order valence-corrected chi connectivity index (χ2v) is 7.47. The van der Waals surface area contributed by atoms with Crippen LogP contribution in [0, 0.1) is 18.3 Å². The van der Waals surface area contributed by atoms with Crippen LogP contribution in [0.4, 0.5) is 13.2 Å². The van der Waals surface area contributed by atoms with Crippen molar-refractivity contribution in [3.05, 3.63) is 74.9 Å². The van der Waals surface area contributed by atoms with Gasteiger partial charge in [-0.3, -0.25) is 0 Å². The minimum atomic E-state index is -4.44. The fraction of sp³-hybridized carbons (Fsp3) is 0.143. The minimum absolute atomic E-state index is 0.158. The predicted molar refractivity (Wildman–Crippen MR) is 106 cm³/mol. The maximum absolute atomic E-state index is 13.1. The molecule has 8 heteroatoms. The average molecular weight is 463 g/mol. The number of hydrogen-bond acceptors (Lipinski definition) is 2. The Hall–Kier alpha value is -3.05. The number of aliphatic carboxylic acids is 1. The van der Waals surface area contributed by atoms with Crippen molar-refractivity contribution in [2.24, 2.45) is 0 Å². The van der Waals surface area contributed by atoms with Crippen LogP contribution < -0.4 is 0 Å². The third kappa shape index (κ3) is 4.51. The number of carbonyl (C=O) groups is 1. The first-order valence-corrected chi connectivity index (χ1v) is 9.19. The molecule has 0 aliphatic rings. The first-order valence-electron chi connectivity index (χ1n) is 8.39. The molecule has 0 aliphatic carbocycles. The summed E-state index contributed by atoms with van der Waals surface area (Å²) in [5.74, 6) is -1.35. The number of aromatic nitrogens is 1. The molecule has 148 valence electrons. The molecule has 2 aromatic carbocycles. The van der Waals surface area contributed by atoms with E-state index in [2.05, 4.69) is 15.9 Å². The zero-order valence-corrected chi connectivity index (χ0v) is 16.7.